The SMILES string of the molecule is CCOC(C=O)CCCc1ccc(NCc2ccc3cc(OS(C)(=O)=O)ccc3c2)cc1. The maximum atomic E-state index is 11.3. The molecule has 0 bridgehead atoms. The Labute approximate surface area is 189 Å². The fraction of sp³-hybridized carbons (Fsp3) is 0.320. The van der Waals surface area contributed by atoms with Crippen molar-refractivity contribution in [3.8, 4) is 5.75 Å². The number of nitrogens with one attached hydrogen (secondary N) is 1. The van der Waals surface area contributed by atoms with Gasteiger partial charge in [-0.2, -0.15) is 8.42 Å². The average Bonchev–Trinajstić information content (AvgIpc) is 2.76. The van der Waals surface area contributed by atoms with Crippen LogP contribution in [0, 0.1) is 0 Å². The number of fused-ring (bicyclic) bond motifs is 1. The number of benzene rings is 3. The first-order valence-corrected chi connectivity index (χ1v) is 12.5. The molecular weight excluding hydrogens is 426 g/mol. The highest BCUT2D eigenvalue weighted by Gasteiger charge is 2.07. The quantitative estimate of drug-likeness (QED) is 0.314. The zero-order valence-corrected chi connectivity index (χ0v) is 19.2. The van der Waals surface area contributed by atoms with E-state index >= 15 is 0 Å². The molecule has 0 aromatic heterocycles. The predicted molar refractivity (Wildman–Crippen MR) is 128 cm³/mol. The molecule has 0 fully saturated rings. The number of aldehydes is 1. The number of ether oxygens (including phenoxy) is 1. The van der Waals surface area contributed by atoms with Gasteiger partial charge < -0.3 is 19.0 Å². The lowest BCUT2D eigenvalue weighted by atomic mass is 10.1. The maximum absolute atomic E-state index is 11.3. The van der Waals surface area contributed by atoms with E-state index in [0.717, 1.165) is 53.8 Å². The fourth-order valence-electron chi connectivity index (χ4n) is 3.52. The lowest BCUT2D eigenvalue weighted by Gasteiger charge is -2.11. The van der Waals surface area contributed by atoms with Gasteiger partial charge in [-0.3, -0.25) is 0 Å². The van der Waals surface area contributed by atoms with E-state index in [1.54, 1.807) is 12.1 Å². The van der Waals surface area contributed by atoms with E-state index in [4.69, 9.17) is 8.92 Å². The van der Waals surface area contributed by atoms with Gasteiger partial charge in [0.1, 0.15) is 18.1 Å². The van der Waals surface area contributed by atoms with Gasteiger partial charge >= 0.3 is 10.1 Å². The van der Waals surface area contributed by atoms with Crippen molar-refractivity contribution in [1.29, 1.82) is 0 Å². The van der Waals surface area contributed by atoms with Crippen molar-refractivity contribution in [2.24, 2.45) is 0 Å². The third-order valence-corrected chi connectivity index (χ3v) is 5.56. The second-order valence-electron chi connectivity index (χ2n) is 7.70. The summed E-state index contributed by atoms with van der Waals surface area (Å²) in [6.07, 6.45) is 4.16. The largest absolute Gasteiger partial charge is 0.383 e. The third-order valence-electron chi connectivity index (χ3n) is 5.06. The van der Waals surface area contributed by atoms with Gasteiger partial charge in [-0.05, 0) is 78.4 Å². The molecule has 0 aliphatic carbocycles. The number of aryl methyl sites for hydroxylation is 1. The number of carbonyl (C=O) groups is 1. The Morgan fingerprint density at radius 3 is 2.34 bits per heavy atom. The molecule has 170 valence electrons. The van der Waals surface area contributed by atoms with Crippen LogP contribution in [-0.4, -0.2) is 33.7 Å². The molecule has 0 spiro atoms. The molecule has 0 aliphatic heterocycles. The number of hydrogen-bond donors (Lipinski definition) is 1. The summed E-state index contributed by atoms with van der Waals surface area (Å²) in [6.45, 7) is 3.12. The van der Waals surface area contributed by atoms with E-state index in [1.807, 2.05) is 25.1 Å². The molecule has 32 heavy (non-hydrogen) atoms. The normalized spacial score (nSPS) is 12.4. The van der Waals surface area contributed by atoms with Gasteiger partial charge in [-0.1, -0.05) is 30.3 Å². The van der Waals surface area contributed by atoms with Gasteiger partial charge in [0.2, 0.25) is 0 Å². The number of anilines is 1. The van der Waals surface area contributed by atoms with Crippen molar-refractivity contribution in [1.82, 2.24) is 0 Å². The zero-order valence-electron chi connectivity index (χ0n) is 18.4. The molecule has 0 heterocycles. The summed E-state index contributed by atoms with van der Waals surface area (Å²) in [5.41, 5.74) is 3.38. The lowest BCUT2D eigenvalue weighted by molar-refractivity contribution is -0.118. The molecule has 0 amide bonds. The Bertz CT molecular complexity index is 1140. The Hall–Kier alpha value is -2.90. The van der Waals surface area contributed by atoms with Crippen LogP contribution in [0.3, 0.4) is 0 Å². The minimum absolute atomic E-state index is 0.304. The Morgan fingerprint density at radius 1 is 0.969 bits per heavy atom. The topological polar surface area (TPSA) is 81.7 Å². The van der Waals surface area contributed by atoms with Gasteiger partial charge in [-0.15, -0.1) is 0 Å². The summed E-state index contributed by atoms with van der Waals surface area (Å²) in [4.78, 5) is 10.9. The van der Waals surface area contributed by atoms with E-state index in [2.05, 4.69) is 35.6 Å². The van der Waals surface area contributed by atoms with Crippen molar-refractivity contribution >= 4 is 32.9 Å². The zero-order chi connectivity index (χ0) is 23.0. The van der Waals surface area contributed by atoms with Crippen molar-refractivity contribution in [3.05, 3.63) is 71.8 Å². The molecule has 1 unspecified atom stereocenters. The highest BCUT2D eigenvalue weighted by Crippen LogP contribution is 2.23. The highest BCUT2D eigenvalue weighted by atomic mass is 32.2. The van der Waals surface area contributed by atoms with Crippen molar-refractivity contribution in [2.45, 2.75) is 38.8 Å². The molecule has 3 aromatic carbocycles. The van der Waals surface area contributed by atoms with Crippen LogP contribution in [0.5, 0.6) is 5.75 Å². The van der Waals surface area contributed by atoms with E-state index in [9.17, 15) is 13.2 Å². The lowest BCUT2D eigenvalue weighted by Crippen LogP contribution is -2.14. The third kappa shape index (κ3) is 7.35. The molecule has 0 radical (unpaired) electrons. The Kier molecular flexibility index (Phi) is 8.25. The van der Waals surface area contributed by atoms with Crippen LogP contribution >= 0.6 is 0 Å². The number of hydrogen-bond acceptors (Lipinski definition) is 6. The average molecular weight is 456 g/mol. The van der Waals surface area contributed by atoms with Crippen LogP contribution in [0.15, 0.2) is 60.7 Å². The smallest absolute Gasteiger partial charge is 0.306 e. The van der Waals surface area contributed by atoms with Crippen LogP contribution in [0.4, 0.5) is 5.69 Å². The Morgan fingerprint density at radius 2 is 1.66 bits per heavy atom. The minimum Gasteiger partial charge on any atom is -0.383 e. The number of rotatable bonds is 12. The van der Waals surface area contributed by atoms with E-state index < -0.39 is 10.1 Å². The summed E-state index contributed by atoms with van der Waals surface area (Å²) in [7, 11) is -3.54. The van der Waals surface area contributed by atoms with Gasteiger partial charge in [0.15, 0.2) is 0 Å². The molecule has 0 saturated heterocycles. The first kappa shape index (κ1) is 23.8. The number of carbonyl (C=O) groups excluding carboxylic acids is 1. The van der Waals surface area contributed by atoms with Crippen molar-refractivity contribution in [2.75, 3.05) is 18.2 Å². The van der Waals surface area contributed by atoms with Crippen LogP contribution in [-0.2, 0) is 32.6 Å². The minimum atomic E-state index is -3.54. The standard InChI is InChI=1S/C25H29NO5S/c1-3-30-25(18-27)6-4-5-19-8-12-23(13-9-19)26-17-20-7-10-22-16-24(31-32(2,28)29)14-11-21(22)15-20/h7-16,18,25-26H,3-6,17H2,1-2H3. The monoisotopic (exact) mass is 455 g/mol. The molecule has 1 N–H and O–H groups in total. The molecule has 0 saturated carbocycles. The molecule has 3 rings (SSSR count). The molecular formula is C25H29NO5S. The highest BCUT2D eigenvalue weighted by molar-refractivity contribution is 7.86. The summed E-state index contributed by atoms with van der Waals surface area (Å²) < 4.78 is 32.9. The summed E-state index contributed by atoms with van der Waals surface area (Å²) in [5.74, 6) is 0.311. The van der Waals surface area contributed by atoms with Crippen LogP contribution < -0.4 is 9.50 Å². The van der Waals surface area contributed by atoms with Gasteiger partial charge in [0, 0.05) is 18.8 Å². The second-order valence-corrected chi connectivity index (χ2v) is 9.28. The molecule has 0 aliphatic rings. The maximum Gasteiger partial charge on any atom is 0.306 e. The van der Waals surface area contributed by atoms with E-state index in [-0.39, 0.29) is 6.10 Å². The van der Waals surface area contributed by atoms with Crippen LogP contribution in [0.25, 0.3) is 10.8 Å². The van der Waals surface area contributed by atoms with Gasteiger partial charge in [0.05, 0.1) is 6.26 Å². The first-order valence-electron chi connectivity index (χ1n) is 10.7. The van der Waals surface area contributed by atoms with E-state index in [1.165, 1.54) is 5.56 Å². The first-order chi connectivity index (χ1) is 15.4. The fourth-order valence-corrected chi connectivity index (χ4v) is 3.97. The van der Waals surface area contributed by atoms with E-state index in [0.29, 0.717) is 18.9 Å². The summed E-state index contributed by atoms with van der Waals surface area (Å²) in [5, 5.41) is 5.36. The van der Waals surface area contributed by atoms with Crippen LogP contribution in [0.2, 0.25) is 0 Å². The Balaban J connectivity index is 1.53. The second kappa shape index (κ2) is 11.1. The summed E-state index contributed by atoms with van der Waals surface area (Å²) >= 11 is 0. The molecule has 1 atom stereocenters. The van der Waals surface area contributed by atoms with Crippen molar-refractivity contribution < 1.29 is 22.1 Å². The molecule has 6 nitrogen and oxygen atoms in total. The molecule has 7 heteroatoms. The van der Waals surface area contributed by atoms with Crippen LogP contribution in [0.1, 0.15) is 30.9 Å². The van der Waals surface area contributed by atoms with Gasteiger partial charge in [0.25, 0.3) is 0 Å². The summed E-state index contributed by atoms with van der Waals surface area (Å²) in [6, 6.07) is 19.6. The predicted octanol–water partition coefficient (Wildman–Crippen LogP) is 4.72. The van der Waals surface area contributed by atoms with Gasteiger partial charge in [-0.25, -0.2) is 0 Å². The molecule has 3 aromatic rings. The van der Waals surface area contributed by atoms with Crippen molar-refractivity contribution in [3.63, 3.8) is 0 Å².